The Bertz CT molecular complexity index is 553. The Hall–Kier alpha value is -1.92. The van der Waals surface area contributed by atoms with Gasteiger partial charge in [-0.2, -0.15) is 0 Å². The van der Waals surface area contributed by atoms with Crippen LogP contribution in [0.1, 0.15) is 25.3 Å². The van der Waals surface area contributed by atoms with Gasteiger partial charge < -0.3 is 20.1 Å². The van der Waals surface area contributed by atoms with Crippen molar-refractivity contribution in [3.63, 3.8) is 0 Å². The molecule has 23 heavy (non-hydrogen) atoms. The van der Waals surface area contributed by atoms with Gasteiger partial charge in [0.15, 0.2) is 0 Å². The monoisotopic (exact) mass is 320 g/mol. The summed E-state index contributed by atoms with van der Waals surface area (Å²) in [6.45, 7) is 3.64. The van der Waals surface area contributed by atoms with E-state index in [9.17, 15) is 9.59 Å². The maximum Gasteiger partial charge on any atom is 0.310 e. The van der Waals surface area contributed by atoms with Crippen molar-refractivity contribution in [2.75, 3.05) is 32.1 Å². The highest BCUT2D eigenvalue weighted by atomic mass is 16.5. The Labute approximate surface area is 136 Å². The highest BCUT2D eigenvalue weighted by Gasteiger charge is 2.39. The van der Waals surface area contributed by atoms with Gasteiger partial charge in [0, 0.05) is 12.8 Å². The molecule has 0 spiro atoms. The molecule has 1 aromatic carbocycles. The van der Waals surface area contributed by atoms with Crippen LogP contribution in [-0.4, -0.2) is 44.3 Å². The van der Waals surface area contributed by atoms with Gasteiger partial charge in [0.2, 0.25) is 0 Å². The maximum absolute atomic E-state index is 12.6. The summed E-state index contributed by atoms with van der Waals surface area (Å²) >= 11 is 0. The van der Waals surface area contributed by atoms with E-state index in [1.807, 2.05) is 12.1 Å². The topological polar surface area (TPSA) is 76.7 Å². The molecule has 0 aromatic heterocycles. The zero-order valence-electron chi connectivity index (χ0n) is 13.7. The molecule has 0 aliphatic carbocycles. The van der Waals surface area contributed by atoms with Crippen molar-refractivity contribution in [3.8, 4) is 0 Å². The Kier molecular flexibility index (Phi) is 6.12. The number of amides is 1. The summed E-state index contributed by atoms with van der Waals surface area (Å²) in [7, 11) is 1.57. The molecule has 1 fully saturated rings. The van der Waals surface area contributed by atoms with Crippen molar-refractivity contribution in [2.24, 2.45) is 0 Å². The second-order valence-electron chi connectivity index (χ2n) is 5.58. The van der Waals surface area contributed by atoms with E-state index in [-0.39, 0.29) is 18.3 Å². The third kappa shape index (κ3) is 4.53. The van der Waals surface area contributed by atoms with Gasteiger partial charge in [-0.05, 0) is 50.6 Å². The molecule has 0 saturated carbocycles. The predicted octanol–water partition coefficient (Wildman–Crippen LogP) is 1.50. The van der Waals surface area contributed by atoms with Crippen LogP contribution < -0.4 is 10.6 Å². The molecule has 0 atom stereocenters. The highest BCUT2D eigenvalue weighted by Crippen LogP contribution is 2.24. The average Bonchev–Trinajstić information content (AvgIpc) is 2.56. The lowest BCUT2D eigenvalue weighted by molar-refractivity contribution is -0.142. The van der Waals surface area contributed by atoms with E-state index >= 15 is 0 Å². The van der Waals surface area contributed by atoms with Crippen molar-refractivity contribution < 1.29 is 19.1 Å². The first-order valence-electron chi connectivity index (χ1n) is 7.91. The number of methoxy groups -OCH3 is 1. The number of nitrogens with one attached hydrogen (secondary N) is 2. The van der Waals surface area contributed by atoms with E-state index in [0.29, 0.717) is 25.1 Å². The molecule has 0 bridgehead atoms. The lowest BCUT2D eigenvalue weighted by Gasteiger charge is -2.34. The number of esters is 1. The minimum absolute atomic E-state index is 0.144. The summed E-state index contributed by atoms with van der Waals surface area (Å²) in [5.41, 5.74) is 0.673. The molecule has 1 heterocycles. The molecule has 1 aliphatic heterocycles. The molecule has 1 aromatic rings. The van der Waals surface area contributed by atoms with Crippen LogP contribution in [0.15, 0.2) is 24.3 Å². The van der Waals surface area contributed by atoms with Gasteiger partial charge in [0.25, 0.3) is 5.91 Å². The highest BCUT2D eigenvalue weighted by molar-refractivity contribution is 5.97. The number of ether oxygens (including phenoxy) is 2. The summed E-state index contributed by atoms with van der Waals surface area (Å²) in [5, 5.41) is 6.13. The second kappa shape index (κ2) is 8.08. The molecule has 6 nitrogen and oxygen atoms in total. The number of anilines is 1. The molecule has 1 amide bonds. The molecule has 0 unspecified atom stereocenters. The molecular formula is C17H24N2O4. The SMILES string of the molecule is CCOC(=O)Cc1cccc(NC(=O)C2(OC)CCNCC2)c1. The van der Waals surface area contributed by atoms with E-state index in [1.54, 1.807) is 26.2 Å². The quantitative estimate of drug-likeness (QED) is 0.777. The minimum atomic E-state index is -0.789. The van der Waals surface area contributed by atoms with Crippen LogP contribution in [-0.2, 0) is 25.5 Å². The zero-order valence-corrected chi connectivity index (χ0v) is 13.7. The Morgan fingerprint density at radius 1 is 1.30 bits per heavy atom. The normalized spacial score (nSPS) is 16.6. The molecule has 2 N–H and O–H groups in total. The molecule has 1 saturated heterocycles. The van der Waals surface area contributed by atoms with Crippen molar-refractivity contribution >= 4 is 17.6 Å². The van der Waals surface area contributed by atoms with Gasteiger partial charge in [-0.15, -0.1) is 0 Å². The first-order chi connectivity index (χ1) is 11.1. The van der Waals surface area contributed by atoms with Crippen molar-refractivity contribution in [1.29, 1.82) is 0 Å². The van der Waals surface area contributed by atoms with Crippen LogP contribution >= 0.6 is 0 Å². The predicted molar refractivity (Wildman–Crippen MR) is 87.3 cm³/mol. The van der Waals surface area contributed by atoms with Gasteiger partial charge in [0.05, 0.1) is 13.0 Å². The number of benzene rings is 1. The summed E-state index contributed by atoms with van der Waals surface area (Å²) in [6.07, 6.45) is 1.46. The summed E-state index contributed by atoms with van der Waals surface area (Å²) in [5.74, 6) is -0.419. The van der Waals surface area contributed by atoms with Crippen LogP contribution in [0.4, 0.5) is 5.69 Å². The fraction of sp³-hybridized carbons (Fsp3) is 0.529. The third-order valence-corrected chi connectivity index (χ3v) is 4.05. The maximum atomic E-state index is 12.6. The number of hydrogen-bond donors (Lipinski definition) is 2. The zero-order chi connectivity index (χ0) is 16.7. The van der Waals surface area contributed by atoms with E-state index in [2.05, 4.69) is 10.6 Å². The van der Waals surface area contributed by atoms with Crippen LogP contribution in [0.3, 0.4) is 0 Å². The lowest BCUT2D eigenvalue weighted by atomic mass is 9.91. The number of carbonyl (C=O) groups excluding carboxylic acids is 2. The van der Waals surface area contributed by atoms with Gasteiger partial charge in [-0.1, -0.05) is 12.1 Å². The summed E-state index contributed by atoms with van der Waals surface area (Å²) in [4.78, 5) is 24.2. The Morgan fingerprint density at radius 3 is 2.70 bits per heavy atom. The number of carbonyl (C=O) groups is 2. The third-order valence-electron chi connectivity index (χ3n) is 4.05. The van der Waals surface area contributed by atoms with Crippen LogP contribution in [0, 0.1) is 0 Å². The standard InChI is InChI=1S/C17H24N2O4/c1-3-23-15(20)12-13-5-4-6-14(11-13)19-16(21)17(22-2)7-9-18-10-8-17/h4-6,11,18H,3,7-10,12H2,1-2H3,(H,19,21). The van der Waals surface area contributed by atoms with E-state index in [1.165, 1.54) is 0 Å². The smallest absolute Gasteiger partial charge is 0.310 e. The van der Waals surface area contributed by atoms with Crippen molar-refractivity contribution in [1.82, 2.24) is 5.32 Å². The molecule has 2 rings (SSSR count). The Morgan fingerprint density at radius 2 is 2.04 bits per heavy atom. The van der Waals surface area contributed by atoms with Gasteiger partial charge in [0.1, 0.15) is 5.60 Å². The van der Waals surface area contributed by atoms with Gasteiger partial charge in [-0.3, -0.25) is 9.59 Å². The van der Waals surface area contributed by atoms with E-state index in [4.69, 9.17) is 9.47 Å². The Balaban J connectivity index is 2.04. The average molecular weight is 320 g/mol. The fourth-order valence-corrected chi connectivity index (χ4v) is 2.74. The van der Waals surface area contributed by atoms with Crippen molar-refractivity contribution in [3.05, 3.63) is 29.8 Å². The van der Waals surface area contributed by atoms with Crippen LogP contribution in [0.25, 0.3) is 0 Å². The molecular weight excluding hydrogens is 296 g/mol. The molecule has 1 aliphatic rings. The lowest BCUT2D eigenvalue weighted by Crippen LogP contribution is -2.51. The van der Waals surface area contributed by atoms with Crippen LogP contribution in [0.5, 0.6) is 0 Å². The van der Waals surface area contributed by atoms with Gasteiger partial charge >= 0.3 is 5.97 Å². The van der Waals surface area contributed by atoms with E-state index in [0.717, 1.165) is 18.7 Å². The summed E-state index contributed by atoms with van der Waals surface area (Å²) in [6, 6.07) is 7.24. The van der Waals surface area contributed by atoms with Crippen molar-refractivity contribution in [2.45, 2.75) is 31.8 Å². The first-order valence-corrected chi connectivity index (χ1v) is 7.91. The fourth-order valence-electron chi connectivity index (χ4n) is 2.74. The number of piperidine rings is 1. The minimum Gasteiger partial charge on any atom is -0.466 e. The summed E-state index contributed by atoms with van der Waals surface area (Å²) < 4.78 is 10.5. The van der Waals surface area contributed by atoms with Crippen LogP contribution in [0.2, 0.25) is 0 Å². The second-order valence-corrected chi connectivity index (χ2v) is 5.58. The first kappa shape index (κ1) is 17.4. The molecule has 6 heteroatoms. The van der Waals surface area contributed by atoms with Gasteiger partial charge in [-0.25, -0.2) is 0 Å². The largest absolute Gasteiger partial charge is 0.466 e. The van der Waals surface area contributed by atoms with E-state index < -0.39 is 5.60 Å². The molecule has 126 valence electrons. The number of rotatable bonds is 6. The number of hydrogen-bond acceptors (Lipinski definition) is 5. The molecule has 0 radical (unpaired) electrons.